The molecule has 9 heteroatoms. The summed E-state index contributed by atoms with van der Waals surface area (Å²) in [5.74, 6) is 1.15. The van der Waals surface area contributed by atoms with E-state index in [1.54, 1.807) is 30.0 Å². The normalized spacial score (nSPS) is 11.2. The van der Waals surface area contributed by atoms with Crippen LogP contribution in [0.15, 0.2) is 47.4 Å². The number of methoxy groups -OCH3 is 1. The van der Waals surface area contributed by atoms with Crippen LogP contribution in [-0.2, 0) is 14.8 Å². The standard InChI is InChI=1S/C21H27ClN2O4S2/c1-16-6-9-18(10-7-16)29-14-12-23-21(25)5-4-13-24(30(3,26)27)17-8-11-20(28-2)19(22)15-17/h6-11,15H,4-5,12-14H2,1-3H3,(H,23,25). The average molecular weight is 471 g/mol. The maximum Gasteiger partial charge on any atom is 0.232 e. The highest BCUT2D eigenvalue weighted by Gasteiger charge is 2.19. The molecular formula is C21H27ClN2O4S2. The fourth-order valence-corrected chi connectivity index (χ4v) is 4.74. The maximum absolute atomic E-state index is 12.2. The van der Waals surface area contributed by atoms with Crippen molar-refractivity contribution in [3.63, 3.8) is 0 Å². The van der Waals surface area contributed by atoms with Crippen LogP contribution >= 0.6 is 23.4 Å². The monoisotopic (exact) mass is 470 g/mol. The molecule has 0 radical (unpaired) electrons. The summed E-state index contributed by atoms with van der Waals surface area (Å²) < 4.78 is 30.7. The van der Waals surface area contributed by atoms with Gasteiger partial charge in [0.15, 0.2) is 0 Å². The van der Waals surface area contributed by atoms with E-state index < -0.39 is 10.0 Å². The van der Waals surface area contributed by atoms with Gasteiger partial charge in [-0.15, -0.1) is 11.8 Å². The molecule has 1 amide bonds. The van der Waals surface area contributed by atoms with E-state index in [0.29, 0.717) is 29.4 Å². The quantitative estimate of drug-likeness (QED) is 0.395. The Balaban J connectivity index is 1.79. The van der Waals surface area contributed by atoms with E-state index in [4.69, 9.17) is 16.3 Å². The van der Waals surface area contributed by atoms with Gasteiger partial charge < -0.3 is 10.1 Å². The number of halogens is 1. The number of rotatable bonds is 11. The minimum Gasteiger partial charge on any atom is -0.495 e. The molecule has 0 atom stereocenters. The van der Waals surface area contributed by atoms with Gasteiger partial charge in [0.2, 0.25) is 15.9 Å². The lowest BCUT2D eigenvalue weighted by Crippen LogP contribution is -2.32. The highest BCUT2D eigenvalue weighted by molar-refractivity contribution is 7.99. The summed E-state index contributed by atoms with van der Waals surface area (Å²) in [7, 11) is -2.01. The molecule has 1 N–H and O–H groups in total. The van der Waals surface area contributed by atoms with E-state index in [-0.39, 0.29) is 18.9 Å². The molecule has 0 saturated heterocycles. The zero-order valence-electron chi connectivity index (χ0n) is 17.4. The summed E-state index contributed by atoms with van der Waals surface area (Å²) in [6.07, 6.45) is 1.77. The average Bonchev–Trinajstić information content (AvgIpc) is 2.69. The van der Waals surface area contributed by atoms with Crippen molar-refractivity contribution in [1.29, 1.82) is 0 Å². The second kappa shape index (κ2) is 11.5. The molecule has 0 spiro atoms. The van der Waals surface area contributed by atoms with E-state index in [9.17, 15) is 13.2 Å². The largest absolute Gasteiger partial charge is 0.495 e. The van der Waals surface area contributed by atoms with Crippen LogP contribution in [0.4, 0.5) is 5.69 Å². The van der Waals surface area contributed by atoms with Gasteiger partial charge in [-0.3, -0.25) is 9.10 Å². The summed E-state index contributed by atoms with van der Waals surface area (Å²) in [5, 5.41) is 3.20. The number of hydrogen-bond donors (Lipinski definition) is 1. The van der Waals surface area contributed by atoms with Crippen LogP contribution in [0.2, 0.25) is 5.02 Å². The molecule has 164 valence electrons. The van der Waals surface area contributed by atoms with Crippen molar-refractivity contribution in [1.82, 2.24) is 5.32 Å². The number of nitrogens with zero attached hydrogens (tertiary/aromatic N) is 1. The predicted octanol–water partition coefficient (Wildman–Crippen LogP) is 4.11. The number of carbonyl (C=O) groups is 1. The van der Waals surface area contributed by atoms with Gasteiger partial charge in [0.1, 0.15) is 5.75 Å². The van der Waals surface area contributed by atoms with Crippen LogP contribution in [0.5, 0.6) is 5.75 Å². The van der Waals surface area contributed by atoms with Crippen molar-refractivity contribution >= 4 is 45.0 Å². The number of benzene rings is 2. The third kappa shape index (κ3) is 7.74. The molecule has 30 heavy (non-hydrogen) atoms. The summed E-state index contributed by atoms with van der Waals surface area (Å²) >= 11 is 7.80. The number of amides is 1. The van der Waals surface area contributed by atoms with Gasteiger partial charge in [0, 0.05) is 30.2 Å². The molecule has 2 aromatic rings. The lowest BCUT2D eigenvalue weighted by Gasteiger charge is -2.23. The van der Waals surface area contributed by atoms with Crippen molar-refractivity contribution in [2.24, 2.45) is 0 Å². The highest BCUT2D eigenvalue weighted by atomic mass is 35.5. The van der Waals surface area contributed by atoms with E-state index in [1.807, 2.05) is 6.92 Å². The summed E-state index contributed by atoms with van der Waals surface area (Å²) in [6.45, 7) is 2.79. The Labute approximate surface area is 188 Å². The first-order valence-corrected chi connectivity index (χ1v) is 12.7. The molecule has 0 fully saturated rings. The van der Waals surface area contributed by atoms with Gasteiger partial charge in [-0.1, -0.05) is 29.3 Å². The zero-order chi connectivity index (χ0) is 22.1. The van der Waals surface area contributed by atoms with Crippen LogP contribution in [-0.4, -0.2) is 46.5 Å². The molecule has 0 bridgehead atoms. The molecule has 2 aromatic carbocycles. The van der Waals surface area contributed by atoms with Crippen LogP contribution in [0, 0.1) is 6.92 Å². The number of sulfonamides is 1. The second-order valence-corrected chi connectivity index (χ2v) is 10.3. The number of carbonyl (C=O) groups excluding carboxylic acids is 1. The third-order valence-corrected chi connectivity index (χ3v) is 6.81. The number of hydrogen-bond acceptors (Lipinski definition) is 5. The van der Waals surface area contributed by atoms with Gasteiger partial charge in [0.05, 0.1) is 24.1 Å². The number of anilines is 1. The topological polar surface area (TPSA) is 75.7 Å². The molecule has 0 aliphatic rings. The molecule has 0 aliphatic carbocycles. The van der Waals surface area contributed by atoms with Gasteiger partial charge in [0.25, 0.3) is 0 Å². The Bertz CT molecular complexity index is 950. The molecule has 0 saturated carbocycles. The number of aryl methyl sites for hydroxylation is 1. The lowest BCUT2D eigenvalue weighted by atomic mass is 10.2. The summed E-state index contributed by atoms with van der Waals surface area (Å²) in [6, 6.07) is 13.0. The van der Waals surface area contributed by atoms with E-state index in [1.165, 1.54) is 17.0 Å². The molecule has 0 heterocycles. The minimum atomic E-state index is -3.51. The van der Waals surface area contributed by atoms with E-state index >= 15 is 0 Å². The Morgan fingerprint density at radius 3 is 2.50 bits per heavy atom. The number of nitrogens with one attached hydrogen (secondary N) is 1. The maximum atomic E-state index is 12.2. The predicted molar refractivity (Wildman–Crippen MR) is 124 cm³/mol. The van der Waals surface area contributed by atoms with Crippen molar-refractivity contribution < 1.29 is 17.9 Å². The third-order valence-electron chi connectivity index (χ3n) is 4.30. The van der Waals surface area contributed by atoms with Crippen LogP contribution in [0.3, 0.4) is 0 Å². The van der Waals surface area contributed by atoms with Crippen molar-refractivity contribution in [3.05, 3.63) is 53.1 Å². The van der Waals surface area contributed by atoms with Crippen molar-refractivity contribution in [2.75, 3.05) is 36.5 Å². The summed E-state index contributed by atoms with van der Waals surface area (Å²) in [5.41, 5.74) is 1.66. The molecule has 0 aliphatic heterocycles. The van der Waals surface area contributed by atoms with Crippen LogP contribution in [0.1, 0.15) is 18.4 Å². The van der Waals surface area contributed by atoms with Crippen LogP contribution < -0.4 is 14.4 Å². The minimum absolute atomic E-state index is 0.0966. The first-order valence-electron chi connectivity index (χ1n) is 9.48. The number of thioether (sulfide) groups is 1. The van der Waals surface area contributed by atoms with E-state index in [2.05, 4.69) is 29.6 Å². The Morgan fingerprint density at radius 1 is 1.20 bits per heavy atom. The lowest BCUT2D eigenvalue weighted by molar-refractivity contribution is -0.121. The Morgan fingerprint density at radius 2 is 1.90 bits per heavy atom. The van der Waals surface area contributed by atoms with Gasteiger partial charge >= 0.3 is 0 Å². The molecule has 0 aromatic heterocycles. The van der Waals surface area contributed by atoms with Crippen LogP contribution in [0.25, 0.3) is 0 Å². The first-order chi connectivity index (χ1) is 14.2. The zero-order valence-corrected chi connectivity index (χ0v) is 19.7. The molecule has 6 nitrogen and oxygen atoms in total. The van der Waals surface area contributed by atoms with E-state index in [0.717, 1.165) is 16.9 Å². The second-order valence-electron chi connectivity index (χ2n) is 6.77. The molecule has 0 unspecified atom stereocenters. The van der Waals surface area contributed by atoms with Gasteiger partial charge in [-0.2, -0.15) is 0 Å². The van der Waals surface area contributed by atoms with Gasteiger partial charge in [-0.05, 0) is 43.7 Å². The summed E-state index contributed by atoms with van der Waals surface area (Å²) in [4.78, 5) is 13.2. The fourth-order valence-electron chi connectivity index (χ4n) is 2.76. The molecule has 2 rings (SSSR count). The first kappa shape index (κ1) is 24.4. The fraction of sp³-hybridized carbons (Fsp3) is 0.381. The molecular weight excluding hydrogens is 444 g/mol. The Kier molecular flexibility index (Phi) is 9.33. The Hall–Kier alpha value is -1.90. The highest BCUT2D eigenvalue weighted by Crippen LogP contribution is 2.30. The van der Waals surface area contributed by atoms with Gasteiger partial charge in [-0.25, -0.2) is 8.42 Å². The smallest absolute Gasteiger partial charge is 0.232 e. The van der Waals surface area contributed by atoms with Crippen molar-refractivity contribution in [3.8, 4) is 5.75 Å². The SMILES string of the molecule is COc1ccc(N(CCCC(=O)NCCSc2ccc(C)cc2)S(C)(=O)=O)cc1Cl. The number of ether oxygens (including phenoxy) is 1. The van der Waals surface area contributed by atoms with Crippen molar-refractivity contribution in [2.45, 2.75) is 24.7 Å².